The number of aryl methyl sites for hydroxylation is 2. The molecule has 25 heavy (non-hydrogen) atoms. The quantitative estimate of drug-likeness (QED) is 0.742. The molecule has 0 saturated heterocycles. The summed E-state index contributed by atoms with van der Waals surface area (Å²) in [5, 5.41) is 3.21. The van der Waals surface area contributed by atoms with Crippen LogP contribution in [0.25, 0.3) is 22.4 Å². The van der Waals surface area contributed by atoms with Crippen molar-refractivity contribution in [3.8, 4) is 0 Å². The number of amides is 1. The van der Waals surface area contributed by atoms with E-state index in [1.54, 1.807) is 6.08 Å². The maximum absolute atomic E-state index is 12.7. The van der Waals surface area contributed by atoms with E-state index in [0.29, 0.717) is 21.6 Å². The number of hydrogen-bond donors (Lipinski definition) is 2. The Hall–Kier alpha value is -2.99. The molecule has 0 unspecified atom stereocenters. The molecule has 3 rings (SSSR count). The van der Waals surface area contributed by atoms with E-state index in [0.717, 1.165) is 16.7 Å². The van der Waals surface area contributed by atoms with Crippen molar-refractivity contribution in [3.63, 3.8) is 0 Å². The minimum atomic E-state index is -0.460. The fourth-order valence-corrected chi connectivity index (χ4v) is 3.40. The lowest BCUT2D eigenvalue weighted by Gasteiger charge is -2.11. The molecule has 1 aromatic carbocycles. The van der Waals surface area contributed by atoms with E-state index in [1.165, 1.54) is 23.8 Å². The normalized spacial score (nSPS) is 10.6. The van der Waals surface area contributed by atoms with Gasteiger partial charge in [-0.2, -0.15) is 4.37 Å². The first-order valence-corrected chi connectivity index (χ1v) is 8.42. The number of aromatic amines is 1. The van der Waals surface area contributed by atoms with Crippen LogP contribution in [0.2, 0.25) is 0 Å². The molecule has 0 atom stereocenters. The first-order chi connectivity index (χ1) is 12.0. The largest absolute Gasteiger partial charge is 0.351 e. The number of anilines is 1. The minimum absolute atomic E-state index is 0.0423. The number of aromatic nitrogens is 2. The predicted molar refractivity (Wildman–Crippen MR) is 104 cm³/mol. The topological polar surface area (TPSA) is 74.8 Å². The number of nitrogens with one attached hydrogen (secondary N) is 2. The Morgan fingerprint density at radius 1 is 1.24 bits per heavy atom. The fraction of sp³-hybridized carbons (Fsp3) is 0.105. The lowest BCUT2D eigenvalue weighted by Crippen LogP contribution is -2.22. The standard InChI is InChI=1S/C19H17N3O2S/c1-5-12-7-11(4)15(8-10(12)3)21-18(24)13-9-20-19-16(17(13)23)14(6-2)22-25-19/h5-9H,1-2H2,3-4H3,(H,20,23)(H,21,24). The molecule has 0 aliphatic carbocycles. The van der Waals surface area contributed by atoms with Crippen LogP contribution in [-0.2, 0) is 0 Å². The van der Waals surface area contributed by atoms with E-state index in [2.05, 4.69) is 27.8 Å². The molecule has 0 aliphatic rings. The SMILES string of the molecule is C=Cc1cc(C)c(NC(=O)c2c[nH]c3snc(C=C)c3c2=O)cc1C. The van der Waals surface area contributed by atoms with Crippen molar-refractivity contribution in [2.75, 3.05) is 5.32 Å². The Labute approximate surface area is 148 Å². The maximum atomic E-state index is 12.7. The van der Waals surface area contributed by atoms with Gasteiger partial charge in [0.1, 0.15) is 10.4 Å². The summed E-state index contributed by atoms with van der Waals surface area (Å²) in [5.74, 6) is -0.460. The lowest BCUT2D eigenvalue weighted by atomic mass is 10.0. The molecule has 0 spiro atoms. The van der Waals surface area contributed by atoms with Gasteiger partial charge in [-0.3, -0.25) is 9.59 Å². The van der Waals surface area contributed by atoms with Crippen molar-refractivity contribution in [2.24, 2.45) is 0 Å². The van der Waals surface area contributed by atoms with Crippen molar-refractivity contribution in [1.29, 1.82) is 0 Å². The molecule has 0 radical (unpaired) electrons. The Morgan fingerprint density at radius 2 is 2.00 bits per heavy atom. The summed E-state index contributed by atoms with van der Waals surface area (Å²) in [6, 6.07) is 3.82. The third kappa shape index (κ3) is 2.92. The van der Waals surface area contributed by atoms with Gasteiger partial charge in [0.05, 0.1) is 11.1 Å². The summed E-state index contributed by atoms with van der Waals surface area (Å²) in [7, 11) is 0. The van der Waals surface area contributed by atoms with E-state index in [1.807, 2.05) is 26.0 Å². The van der Waals surface area contributed by atoms with Crippen molar-refractivity contribution in [2.45, 2.75) is 13.8 Å². The van der Waals surface area contributed by atoms with Crippen LogP contribution >= 0.6 is 11.5 Å². The van der Waals surface area contributed by atoms with Crippen LogP contribution in [0.1, 0.15) is 32.7 Å². The number of rotatable bonds is 4. The molecule has 0 aliphatic heterocycles. The number of carbonyl (C=O) groups excluding carboxylic acids is 1. The molecule has 2 N–H and O–H groups in total. The molecule has 1 amide bonds. The van der Waals surface area contributed by atoms with Gasteiger partial charge in [-0.05, 0) is 60.3 Å². The van der Waals surface area contributed by atoms with Crippen molar-refractivity contribution in [1.82, 2.24) is 9.36 Å². The van der Waals surface area contributed by atoms with Gasteiger partial charge >= 0.3 is 0 Å². The summed E-state index contributed by atoms with van der Waals surface area (Å²) < 4.78 is 4.16. The number of carbonyl (C=O) groups is 1. The summed E-state index contributed by atoms with van der Waals surface area (Å²) in [4.78, 5) is 28.9. The predicted octanol–water partition coefficient (Wildman–Crippen LogP) is 4.14. The summed E-state index contributed by atoms with van der Waals surface area (Å²) in [6.07, 6.45) is 4.70. The molecule has 3 aromatic rings. The second-order valence-corrected chi connectivity index (χ2v) is 6.46. The number of pyridine rings is 1. The zero-order valence-corrected chi connectivity index (χ0v) is 14.8. The van der Waals surface area contributed by atoms with Gasteiger partial charge in [-0.15, -0.1) is 0 Å². The number of hydrogen-bond acceptors (Lipinski definition) is 4. The van der Waals surface area contributed by atoms with Gasteiger partial charge in [0, 0.05) is 11.9 Å². The number of fused-ring (bicyclic) bond motifs is 1. The van der Waals surface area contributed by atoms with Crippen LogP contribution in [-0.4, -0.2) is 15.3 Å². The Bertz CT molecular complexity index is 1080. The van der Waals surface area contributed by atoms with Crippen LogP contribution in [0, 0.1) is 13.8 Å². The Morgan fingerprint density at radius 3 is 2.68 bits per heavy atom. The van der Waals surface area contributed by atoms with Gasteiger partial charge < -0.3 is 10.3 Å². The molecule has 0 bridgehead atoms. The van der Waals surface area contributed by atoms with Crippen molar-refractivity contribution < 1.29 is 4.79 Å². The van der Waals surface area contributed by atoms with Gasteiger partial charge in [0.25, 0.3) is 5.91 Å². The van der Waals surface area contributed by atoms with Gasteiger partial charge in [-0.25, -0.2) is 0 Å². The Kier molecular flexibility index (Phi) is 4.37. The molecule has 5 nitrogen and oxygen atoms in total. The zero-order valence-electron chi connectivity index (χ0n) is 14.0. The number of H-pyrrole nitrogens is 1. The van der Waals surface area contributed by atoms with E-state index in [9.17, 15) is 9.59 Å². The minimum Gasteiger partial charge on any atom is -0.351 e. The molecule has 2 aromatic heterocycles. The average Bonchev–Trinajstić information content (AvgIpc) is 3.02. The molecule has 6 heteroatoms. The monoisotopic (exact) mass is 351 g/mol. The highest BCUT2D eigenvalue weighted by Gasteiger charge is 2.17. The van der Waals surface area contributed by atoms with Crippen LogP contribution in [0.3, 0.4) is 0 Å². The average molecular weight is 351 g/mol. The van der Waals surface area contributed by atoms with E-state index in [-0.39, 0.29) is 11.0 Å². The fourth-order valence-electron chi connectivity index (χ4n) is 2.65. The van der Waals surface area contributed by atoms with Gasteiger partial charge in [0.15, 0.2) is 0 Å². The Balaban J connectivity index is 2.02. The smallest absolute Gasteiger partial charge is 0.261 e. The van der Waals surface area contributed by atoms with Crippen LogP contribution in [0.15, 0.2) is 36.3 Å². The number of nitrogens with zero attached hydrogens (tertiary/aromatic N) is 1. The van der Waals surface area contributed by atoms with Crippen LogP contribution in [0.4, 0.5) is 5.69 Å². The van der Waals surface area contributed by atoms with Gasteiger partial charge in [-0.1, -0.05) is 19.2 Å². The van der Waals surface area contributed by atoms with E-state index in [4.69, 9.17) is 0 Å². The highest BCUT2D eigenvalue weighted by Crippen LogP contribution is 2.23. The molecule has 0 fully saturated rings. The summed E-state index contributed by atoms with van der Waals surface area (Å²) >= 11 is 1.17. The van der Waals surface area contributed by atoms with Crippen LogP contribution < -0.4 is 10.7 Å². The maximum Gasteiger partial charge on any atom is 0.261 e. The summed E-state index contributed by atoms with van der Waals surface area (Å²) in [5.41, 5.74) is 3.74. The molecule has 2 heterocycles. The third-order valence-electron chi connectivity index (χ3n) is 4.06. The zero-order chi connectivity index (χ0) is 18.1. The molecular formula is C19H17N3O2S. The highest BCUT2D eigenvalue weighted by molar-refractivity contribution is 7.13. The first kappa shape index (κ1) is 16.9. The molecule has 0 saturated carbocycles. The second-order valence-electron chi connectivity index (χ2n) is 5.69. The van der Waals surface area contributed by atoms with E-state index >= 15 is 0 Å². The van der Waals surface area contributed by atoms with Crippen molar-refractivity contribution >= 4 is 45.5 Å². The first-order valence-electron chi connectivity index (χ1n) is 7.64. The highest BCUT2D eigenvalue weighted by atomic mass is 32.1. The van der Waals surface area contributed by atoms with Crippen molar-refractivity contribution in [3.05, 3.63) is 69.7 Å². The summed E-state index contributed by atoms with van der Waals surface area (Å²) in [6.45, 7) is 11.3. The molecular weight excluding hydrogens is 334 g/mol. The second kappa shape index (κ2) is 6.49. The van der Waals surface area contributed by atoms with Crippen LogP contribution in [0.5, 0.6) is 0 Å². The number of benzene rings is 1. The lowest BCUT2D eigenvalue weighted by molar-refractivity contribution is 0.102. The van der Waals surface area contributed by atoms with E-state index < -0.39 is 5.91 Å². The van der Waals surface area contributed by atoms with Gasteiger partial charge in [0.2, 0.25) is 5.43 Å². The molecule has 126 valence electrons. The third-order valence-corrected chi connectivity index (χ3v) is 4.85.